The maximum absolute atomic E-state index is 4.15. The van der Waals surface area contributed by atoms with Crippen molar-refractivity contribution in [3.05, 3.63) is 23.4 Å². The van der Waals surface area contributed by atoms with E-state index in [1.54, 1.807) is 0 Å². The molecule has 0 aromatic rings. The van der Waals surface area contributed by atoms with E-state index in [1.165, 1.54) is 5.57 Å². The second kappa shape index (κ2) is 4.98. The average Bonchev–Trinajstić information content (AvgIpc) is 1.89. The van der Waals surface area contributed by atoms with E-state index < -0.39 is 0 Å². The van der Waals surface area contributed by atoms with Crippen LogP contribution < -0.4 is 0 Å². The zero-order valence-electron chi connectivity index (χ0n) is 7.18. The number of aliphatic imine (C=N–C) groups is 1. The molecular formula is C9H15N. The molecule has 0 radical (unpaired) electrons. The van der Waals surface area contributed by atoms with Crippen molar-refractivity contribution >= 4 is 6.21 Å². The van der Waals surface area contributed by atoms with Gasteiger partial charge in [-0.15, -0.1) is 0 Å². The van der Waals surface area contributed by atoms with Gasteiger partial charge in [0, 0.05) is 11.9 Å². The number of nitrogens with zero attached hydrogens (tertiary/aromatic N) is 1. The number of hydrogen-bond donors (Lipinski definition) is 0. The van der Waals surface area contributed by atoms with Gasteiger partial charge in [-0.3, -0.25) is 4.99 Å². The van der Waals surface area contributed by atoms with Crippen LogP contribution in [0.25, 0.3) is 0 Å². The SMILES string of the molecule is C\C=N/C(C)=C(C)\C=C\C. The van der Waals surface area contributed by atoms with Gasteiger partial charge in [0.1, 0.15) is 0 Å². The fourth-order valence-corrected chi connectivity index (χ4v) is 0.666. The minimum Gasteiger partial charge on any atom is -0.266 e. The zero-order chi connectivity index (χ0) is 7.98. The van der Waals surface area contributed by atoms with E-state index in [-0.39, 0.29) is 0 Å². The van der Waals surface area contributed by atoms with Gasteiger partial charge in [0.05, 0.1) is 0 Å². The molecule has 0 saturated heterocycles. The fraction of sp³-hybridized carbons (Fsp3) is 0.444. The van der Waals surface area contributed by atoms with Crippen LogP contribution >= 0.6 is 0 Å². The lowest BCUT2D eigenvalue weighted by atomic mass is 10.2. The second-order valence-corrected chi connectivity index (χ2v) is 2.16. The largest absolute Gasteiger partial charge is 0.266 e. The molecule has 0 aromatic heterocycles. The summed E-state index contributed by atoms with van der Waals surface area (Å²) in [5, 5.41) is 0. The van der Waals surface area contributed by atoms with E-state index in [0.717, 1.165) is 5.70 Å². The van der Waals surface area contributed by atoms with E-state index in [1.807, 2.05) is 33.1 Å². The monoisotopic (exact) mass is 137 g/mol. The molecule has 0 aliphatic carbocycles. The summed E-state index contributed by atoms with van der Waals surface area (Å²) in [5.74, 6) is 0. The Bertz CT molecular complexity index is 153. The summed E-state index contributed by atoms with van der Waals surface area (Å²) in [4.78, 5) is 4.15. The number of allylic oxidation sites excluding steroid dienone is 4. The van der Waals surface area contributed by atoms with Gasteiger partial charge in [-0.25, -0.2) is 0 Å². The Morgan fingerprint density at radius 3 is 2.20 bits per heavy atom. The van der Waals surface area contributed by atoms with Gasteiger partial charge < -0.3 is 0 Å². The summed E-state index contributed by atoms with van der Waals surface area (Å²) in [6, 6.07) is 0. The average molecular weight is 137 g/mol. The molecule has 1 heteroatoms. The molecule has 56 valence electrons. The third-order valence-corrected chi connectivity index (χ3v) is 1.31. The maximum Gasteiger partial charge on any atom is 0.0397 e. The molecule has 0 bridgehead atoms. The van der Waals surface area contributed by atoms with Crippen LogP contribution in [0.4, 0.5) is 0 Å². The Balaban J connectivity index is 4.33. The lowest BCUT2D eigenvalue weighted by molar-refractivity contribution is 1.24. The predicted molar refractivity (Wildman–Crippen MR) is 47.4 cm³/mol. The Morgan fingerprint density at radius 2 is 1.80 bits per heavy atom. The van der Waals surface area contributed by atoms with Crippen molar-refractivity contribution < 1.29 is 0 Å². The first-order valence-electron chi connectivity index (χ1n) is 3.51. The molecule has 0 atom stereocenters. The van der Waals surface area contributed by atoms with Crippen molar-refractivity contribution in [1.82, 2.24) is 0 Å². The van der Waals surface area contributed by atoms with Crippen LogP contribution in [0.15, 0.2) is 28.4 Å². The molecule has 0 N–H and O–H groups in total. The summed E-state index contributed by atoms with van der Waals surface area (Å²) >= 11 is 0. The molecule has 0 saturated carbocycles. The first-order chi connectivity index (χ1) is 4.72. The third kappa shape index (κ3) is 3.23. The molecule has 0 unspecified atom stereocenters. The first kappa shape index (κ1) is 9.15. The minimum atomic E-state index is 1.08. The second-order valence-electron chi connectivity index (χ2n) is 2.16. The van der Waals surface area contributed by atoms with E-state index >= 15 is 0 Å². The Morgan fingerprint density at radius 1 is 1.20 bits per heavy atom. The van der Waals surface area contributed by atoms with Gasteiger partial charge in [-0.2, -0.15) is 0 Å². The standard InChI is InChI=1S/C9H15N/c1-5-7-8(3)9(4)10-6-2/h5-7H,1-4H3/b7-5+,9-8-,10-6-. The molecule has 0 heterocycles. The van der Waals surface area contributed by atoms with Gasteiger partial charge in [0.2, 0.25) is 0 Å². The van der Waals surface area contributed by atoms with Crippen molar-refractivity contribution in [2.45, 2.75) is 27.7 Å². The van der Waals surface area contributed by atoms with Gasteiger partial charge in [0.25, 0.3) is 0 Å². The fourth-order valence-electron chi connectivity index (χ4n) is 0.666. The van der Waals surface area contributed by atoms with Crippen molar-refractivity contribution in [2.24, 2.45) is 4.99 Å². The van der Waals surface area contributed by atoms with Crippen molar-refractivity contribution in [1.29, 1.82) is 0 Å². The topological polar surface area (TPSA) is 12.4 Å². The lowest BCUT2D eigenvalue weighted by Gasteiger charge is -1.94. The highest BCUT2D eigenvalue weighted by atomic mass is 14.7. The van der Waals surface area contributed by atoms with Gasteiger partial charge in [-0.05, 0) is 33.3 Å². The van der Waals surface area contributed by atoms with Crippen LogP contribution in [-0.4, -0.2) is 6.21 Å². The lowest BCUT2D eigenvalue weighted by Crippen LogP contribution is -1.75. The van der Waals surface area contributed by atoms with Crippen molar-refractivity contribution in [3.8, 4) is 0 Å². The molecule has 10 heavy (non-hydrogen) atoms. The summed E-state index contributed by atoms with van der Waals surface area (Å²) < 4.78 is 0. The molecule has 0 aliphatic rings. The summed E-state index contributed by atoms with van der Waals surface area (Å²) in [5.41, 5.74) is 2.31. The molecule has 0 aromatic carbocycles. The first-order valence-corrected chi connectivity index (χ1v) is 3.51. The van der Waals surface area contributed by atoms with Crippen LogP contribution in [0.5, 0.6) is 0 Å². The van der Waals surface area contributed by atoms with E-state index in [4.69, 9.17) is 0 Å². The van der Waals surface area contributed by atoms with Crippen LogP contribution in [0.2, 0.25) is 0 Å². The van der Waals surface area contributed by atoms with E-state index in [2.05, 4.69) is 18.0 Å². The van der Waals surface area contributed by atoms with E-state index in [9.17, 15) is 0 Å². The highest BCUT2D eigenvalue weighted by molar-refractivity contribution is 5.55. The van der Waals surface area contributed by atoms with Crippen LogP contribution in [0.1, 0.15) is 27.7 Å². The molecule has 0 rings (SSSR count). The highest BCUT2D eigenvalue weighted by Crippen LogP contribution is 2.04. The quantitative estimate of drug-likeness (QED) is 0.410. The van der Waals surface area contributed by atoms with Crippen molar-refractivity contribution in [2.75, 3.05) is 0 Å². The summed E-state index contributed by atoms with van der Waals surface area (Å²) in [7, 11) is 0. The third-order valence-electron chi connectivity index (χ3n) is 1.31. The highest BCUT2D eigenvalue weighted by Gasteiger charge is 1.86. The van der Waals surface area contributed by atoms with Crippen LogP contribution in [-0.2, 0) is 0 Å². The molecule has 0 spiro atoms. The zero-order valence-corrected chi connectivity index (χ0v) is 7.18. The van der Waals surface area contributed by atoms with E-state index in [0.29, 0.717) is 0 Å². The Hall–Kier alpha value is -0.850. The molecular weight excluding hydrogens is 122 g/mol. The molecule has 0 fully saturated rings. The smallest absolute Gasteiger partial charge is 0.0397 e. The summed E-state index contributed by atoms with van der Waals surface area (Å²) in [6.07, 6.45) is 5.88. The van der Waals surface area contributed by atoms with Gasteiger partial charge in [0.15, 0.2) is 0 Å². The Labute approximate surface area is 63.2 Å². The van der Waals surface area contributed by atoms with Gasteiger partial charge in [-0.1, -0.05) is 12.2 Å². The number of rotatable bonds is 2. The van der Waals surface area contributed by atoms with Crippen LogP contribution in [0.3, 0.4) is 0 Å². The molecule has 1 nitrogen and oxygen atoms in total. The minimum absolute atomic E-state index is 1.08. The normalized spacial score (nSPS) is 14.8. The van der Waals surface area contributed by atoms with Gasteiger partial charge >= 0.3 is 0 Å². The van der Waals surface area contributed by atoms with Crippen LogP contribution in [0, 0.1) is 0 Å². The maximum atomic E-state index is 4.15. The number of hydrogen-bond acceptors (Lipinski definition) is 1. The Kier molecular flexibility index (Phi) is 4.55. The molecule has 0 aliphatic heterocycles. The van der Waals surface area contributed by atoms with Crippen molar-refractivity contribution in [3.63, 3.8) is 0 Å². The predicted octanol–water partition coefficient (Wildman–Crippen LogP) is 2.95. The summed E-state index contributed by atoms with van der Waals surface area (Å²) in [6.45, 7) is 8.00. The molecule has 0 amide bonds.